The van der Waals surface area contributed by atoms with Crippen LogP contribution < -0.4 is 4.57 Å². The van der Waals surface area contributed by atoms with Crippen LogP contribution in [0.15, 0.2) is 36.7 Å². The van der Waals surface area contributed by atoms with E-state index < -0.39 is 0 Å². The van der Waals surface area contributed by atoms with Gasteiger partial charge in [0.2, 0.25) is 0 Å². The molecule has 0 spiro atoms. The number of nitrogens with zero attached hydrogens (tertiary/aromatic N) is 1. The predicted molar refractivity (Wildman–Crippen MR) is 111 cm³/mol. The van der Waals surface area contributed by atoms with E-state index in [2.05, 4.69) is 55.1 Å². The number of carbonyl (C=O) groups excluding carboxylic acids is 1. The van der Waals surface area contributed by atoms with Crippen LogP contribution in [0.3, 0.4) is 0 Å². The molecular formula is C22H22NOS2+. The van der Waals surface area contributed by atoms with Crippen LogP contribution in [0.4, 0.5) is 0 Å². The summed E-state index contributed by atoms with van der Waals surface area (Å²) in [6, 6.07) is 8.79. The minimum Gasteiger partial charge on any atom is -0.297 e. The molecule has 3 heterocycles. The van der Waals surface area contributed by atoms with E-state index in [0.29, 0.717) is 0 Å². The first-order chi connectivity index (χ1) is 12.6. The summed E-state index contributed by atoms with van der Waals surface area (Å²) in [5.74, 6) is 0. The van der Waals surface area contributed by atoms with Crippen molar-refractivity contribution in [3.05, 3.63) is 62.4 Å². The molecule has 0 saturated carbocycles. The summed E-state index contributed by atoms with van der Waals surface area (Å²) in [5.41, 5.74) is 6.87. The molecule has 0 aliphatic heterocycles. The second-order valence-electron chi connectivity index (χ2n) is 6.88. The zero-order valence-electron chi connectivity index (χ0n) is 15.3. The standard InChI is InChI=1S/C22H22NOS2/c1-14-20(11-17(13-24)25-14)18-5-4-6-19(18)21-12-22(26-15(21)2)16-7-9-23(3)10-8-16/h7-13H,4-6H2,1-3H3/q+1. The second kappa shape index (κ2) is 6.93. The largest absolute Gasteiger partial charge is 0.297 e. The van der Waals surface area contributed by atoms with Crippen molar-refractivity contribution in [3.8, 4) is 10.4 Å². The van der Waals surface area contributed by atoms with Gasteiger partial charge in [-0.05, 0) is 67.5 Å². The summed E-state index contributed by atoms with van der Waals surface area (Å²) < 4.78 is 2.06. The van der Waals surface area contributed by atoms with Crippen molar-refractivity contribution >= 4 is 40.1 Å². The summed E-state index contributed by atoms with van der Waals surface area (Å²) in [6.07, 6.45) is 8.60. The average molecular weight is 381 g/mol. The van der Waals surface area contributed by atoms with Crippen LogP contribution in [0.5, 0.6) is 0 Å². The summed E-state index contributed by atoms with van der Waals surface area (Å²) in [5, 5.41) is 0. The lowest BCUT2D eigenvalue weighted by Gasteiger charge is -2.07. The summed E-state index contributed by atoms with van der Waals surface area (Å²) in [6.45, 7) is 4.36. The molecule has 1 aliphatic rings. The summed E-state index contributed by atoms with van der Waals surface area (Å²) >= 11 is 3.48. The van der Waals surface area contributed by atoms with Gasteiger partial charge in [0.05, 0.1) is 4.88 Å². The van der Waals surface area contributed by atoms with Gasteiger partial charge in [0.1, 0.15) is 7.05 Å². The Balaban J connectivity index is 1.79. The van der Waals surface area contributed by atoms with Gasteiger partial charge in [-0.15, -0.1) is 22.7 Å². The Hall–Kier alpha value is -2.04. The van der Waals surface area contributed by atoms with E-state index in [-0.39, 0.29) is 0 Å². The summed E-state index contributed by atoms with van der Waals surface area (Å²) in [7, 11) is 2.04. The van der Waals surface area contributed by atoms with E-state index in [1.165, 1.54) is 48.9 Å². The van der Waals surface area contributed by atoms with Crippen molar-refractivity contribution in [2.75, 3.05) is 0 Å². The number of pyridine rings is 1. The number of aromatic nitrogens is 1. The third-order valence-corrected chi connectivity index (χ3v) is 7.18. The molecule has 4 heteroatoms. The van der Waals surface area contributed by atoms with E-state index in [4.69, 9.17) is 0 Å². The Morgan fingerprint density at radius 1 is 0.962 bits per heavy atom. The minimum absolute atomic E-state index is 0.830. The molecule has 26 heavy (non-hydrogen) atoms. The molecule has 2 nitrogen and oxygen atoms in total. The maximum absolute atomic E-state index is 11.2. The van der Waals surface area contributed by atoms with Gasteiger partial charge in [-0.25, -0.2) is 4.57 Å². The summed E-state index contributed by atoms with van der Waals surface area (Å²) in [4.78, 5) is 16.0. The van der Waals surface area contributed by atoms with Gasteiger partial charge in [-0.2, -0.15) is 0 Å². The van der Waals surface area contributed by atoms with Gasteiger partial charge in [0.15, 0.2) is 18.7 Å². The number of hydrogen-bond acceptors (Lipinski definition) is 3. The molecule has 3 aromatic rings. The van der Waals surface area contributed by atoms with Crippen LogP contribution in [0.25, 0.3) is 21.6 Å². The molecule has 0 radical (unpaired) electrons. The third kappa shape index (κ3) is 3.08. The Bertz CT molecular complexity index is 1010. The average Bonchev–Trinajstić information content (AvgIpc) is 3.33. The number of hydrogen-bond donors (Lipinski definition) is 0. The van der Waals surface area contributed by atoms with Gasteiger partial charge < -0.3 is 0 Å². The van der Waals surface area contributed by atoms with Crippen molar-refractivity contribution in [1.82, 2.24) is 0 Å². The van der Waals surface area contributed by atoms with Crippen molar-refractivity contribution in [2.24, 2.45) is 7.05 Å². The zero-order valence-corrected chi connectivity index (χ0v) is 17.0. The number of rotatable bonds is 4. The first kappa shape index (κ1) is 17.4. The lowest BCUT2D eigenvalue weighted by atomic mass is 9.97. The fourth-order valence-electron chi connectivity index (χ4n) is 3.79. The van der Waals surface area contributed by atoms with Crippen LogP contribution in [0.1, 0.15) is 49.8 Å². The van der Waals surface area contributed by atoms with Crippen LogP contribution >= 0.6 is 22.7 Å². The van der Waals surface area contributed by atoms with Gasteiger partial charge in [-0.1, -0.05) is 0 Å². The highest BCUT2D eigenvalue weighted by atomic mass is 32.1. The van der Waals surface area contributed by atoms with Gasteiger partial charge in [0.25, 0.3) is 0 Å². The molecule has 0 saturated heterocycles. The molecule has 0 atom stereocenters. The third-order valence-electron chi connectivity index (χ3n) is 5.10. The Morgan fingerprint density at radius 2 is 1.58 bits per heavy atom. The van der Waals surface area contributed by atoms with Crippen molar-refractivity contribution < 1.29 is 9.36 Å². The molecule has 0 bridgehead atoms. The Labute approximate surface area is 162 Å². The number of carbonyl (C=O) groups is 1. The molecule has 4 rings (SSSR count). The van der Waals surface area contributed by atoms with E-state index in [9.17, 15) is 4.79 Å². The van der Waals surface area contributed by atoms with Crippen molar-refractivity contribution in [1.29, 1.82) is 0 Å². The first-order valence-electron chi connectivity index (χ1n) is 8.91. The fourth-order valence-corrected chi connectivity index (χ4v) is 5.71. The maximum Gasteiger partial charge on any atom is 0.169 e. The lowest BCUT2D eigenvalue weighted by molar-refractivity contribution is -0.671. The van der Waals surface area contributed by atoms with E-state index in [0.717, 1.165) is 24.0 Å². The number of aryl methyl sites for hydroxylation is 3. The number of thiophene rings is 2. The SMILES string of the molecule is Cc1sc(C=O)cc1C1=C(c2cc(-c3cc[n+](C)cc3)sc2C)CCC1. The van der Waals surface area contributed by atoms with Crippen LogP contribution in [-0.4, -0.2) is 6.29 Å². The highest BCUT2D eigenvalue weighted by Crippen LogP contribution is 2.45. The maximum atomic E-state index is 11.2. The van der Waals surface area contributed by atoms with Gasteiger partial charge in [-0.3, -0.25) is 4.79 Å². The van der Waals surface area contributed by atoms with Crippen molar-refractivity contribution in [2.45, 2.75) is 33.1 Å². The monoisotopic (exact) mass is 380 g/mol. The molecule has 0 fully saturated rings. The lowest BCUT2D eigenvalue weighted by Crippen LogP contribution is -2.25. The molecule has 0 aromatic carbocycles. The predicted octanol–water partition coefficient (Wildman–Crippen LogP) is 5.83. The van der Waals surface area contributed by atoms with E-state index in [1.807, 2.05) is 18.4 Å². The van der Waals surface area contributed by atoms with E-state index >= 15 is 0 Å². The minimum atomic E-state index is 0.830. The molecule has 0 N–H and O–H groups in total. The zero-order chi connectivity index (χ0) is 18.3. The molecule has 3 aromatic heterocycles. The van der Waals surface area contributed by atoms with Crippen LogP contribution in [0, 0.1) is 13.8 Å². The highest BCUT2D eigenvalue weighted by Gasteiger charge is 2.23. The topological polar surface area (TPSA) is 20.9 Å². The Kier molecular flexibility index (Phi) is 4.63. The molecule has 132 valence electrons. The molecule has 1 aliphatic carbocycles. The highest BCUT2D eigenvalue weighted by molar-refractivity contribution is 7.15. The van der Waals surface area contributed by atoms with E-state index in [1.54, 1.807) is 11.3 Å². The quantitative estimate of drug-likeness (QED) is 0.412. The number of aldehydes is 1. The molecule has 0 unspecified atom stereocenters. The van der Waals surface area contributed by atoms with Gasteiger partial charge >= 0.3 is 0 Å². The van der Waals surface area contributed by atoms with Crippen LogP contribution in [-0.2, 0) is 7.05 Å². The van der Waals surface area contributed by atoms with Gasteiger partial charge in [0, 0.05) is 32.3 Å². The van der Waals surface area contributed by atoms with Crippen LogP contribution in [0.2, 0.25) is 0 Å². The number of allylic oxidation sites excluding steroid dienone is 2. The first-order valence-corrected chi connectivity index (χ1v) is 10.5. The smallest absolute Gasteiger partial charge is 0.169 e. The fraction of sp³-hybridized carbons (Fsp3) is 0.273. The normalized spacial score (nSPS) is 14.3. The Morgan fingerprint density at radius 3 is 2.19 bits per heavy atom. The van der Waals surface area contributed by atoms with Crippen molar-refractivity contribution in [3.63, 3.8) is 0 Å². The molecular weight excluding hydrogens is 358 g/mol. The molecule has 0 amide bonds. The second-order valence-corrected chi connectivity index (χ2v) is 9.42.